The normalized spacial score (nSPS) is 12.9. The van der Waals surface area contributed by atoms with Gasteiger partial charge in [-0.3, -0.25) is 0 Å². The predicted octanol–water partition coefficient (Wildman–Crippen LogP) is 2.81. The van der Waals surface area contributed by atoms with Crippen LogP contribution >= 0.6 is 15.9 Å². The zero-order valence-electron chi connectivity index (χ0n) is 10.9. The van der Waals surface area contributed by atoms with Gasteiger partial charge in [-0.05, 0) is 24.6 Å². The third-order valence-corrected chi connectivity index (χ3v) is 3.32. The van der Waals surface area contributed by atoms with Crippen LogP contribution in [0.1, 0.15) is 24.9 Å². The molecule has 1 rings (SSSR count). The van der Waals surface area contributed by atoms with Crippen molar-refractivity contribution in [2.75, 3.05) is 20.8 Å². The molecule has 0 bridgehead atoms. The summed E-state index contributed by atoms with van der Waals surface area (Å²) in [7, 11) is 3.21. The number of methoxy groups -OCH3 is 2. The van der Waals surface area contributed by atoms with Gasteiger partial charge in [0.2, 0.25) is 0 Å². The molecule has 1 unspecified atom stereocenters. The molecule has 1 aromatic rings. The molecule has 0 amide bonds. The van der Waals surface area contributed by atoms with E-state index in [0.717, 1.165) is 16.5 Å². The van der Waals surface area contributed by atoms with Gasteiger partial charge in [0.1, 0.15) is 5.75 Å². The highest BCUT2D eigenvalue weighted by atomic mass is 79.9. The number of benzene rings is 1. The number of halogens is 1. The second-order valence-electron chi connectivity index (χ2n) is 3.97. The molecule has 1 atom stereocenters. The lowest BCUT2D eigenvalue weighted by Crippen LogP contribution is -2.32. The SMILES string of the molecule is CCC(NCC(OC)OC)c1cc(Br)ccc1O. The summed E-state index contributed by atoms with van der Waals surface area (Å²) in [5, 5.41) is 13.2. The number of rotatable bonds is 7. The average Bonchev–Trinajstić information content (AvgIpc) is 2.38. The molecule has 0 aromatic heterocycles. The van der Waals surface area contributed by atoms with E-state index in [9.17, 15) is 5.11 Å². The van der Waals surface area contributed by atoms with Gasteiger partial charge in [0.15, 0.2) is 6.29 Å². The molecule has 0 saturated heterocycles. The first-order chi connectivity index (χ1) is 8.62. The van der Waals surface area contributed by atoms with Crippen molar-refractivity contribution in [3.63, 3.8) is 0 Å². The van der Waals surface area contributed by atoms with Gasteiger partial charge in [-0.25, -0.2) is 0 Å². The zero-order valence-corrected chi connectivity index (χ0v) is 12.5. The van der Waals surface area contributed by atoms with Crippen molar-refractivity contribution in [3.8, 4) is 5.75 Å². The van der Waals surface area contributed by atoms with Crippen LogP contribution in [0.4, 0.5) is 0 Å². The lowest BCUT2D eigenvalue weighted by Gasteiger charge is -2.22. The Balaban J connectivity index is 2.73. The monoisotopic (exact) mass is 317 g/mol. The fraction of sp³-hybridized carbons (Fsp3) is 0.538. The van der Waals surface area contributed by atoms with E-state index in [0.29, 0.717) is 12.3 Å². The number of hydrogen-bond acceptors (Lipinski definition) is 4. The number of phenolic OH excluding ortho intramolecular Hbond substituents is 1. The Bertz CT molecular complexity index is 369. The standard InChI is InChI=1S/C13H20BrNO3/c1-4-11(15-8-13(17-2)18-3)10-7-9(14)5-6-12(10)16/h5-7,11,13,15-16H,4,8H2,1-3H3. The molecule has 1 aromatic carbocycles. The van der Waals surface area contributed by atoms with E-state index in [1.165, 1.54) is 0 Å². The molecule has 0 radical (unpaired) electrons. The molecule has 0 aliphatic carbocycles. The Kier molecular flexibility index (Phi) is 6.63. The number of nitrogens with one attached hydrogen (secondary N) is 1. The van der Waals surface area contributed by atoms with Gasteiger partial charge in [0.25, 0.3) is 0 Å². The Morgan fingerprint density at radius 1 is 1.33 bits per heavy atom. The summed E-state index contributed by atoms with van der Waals surface area (Å²) in [5.74, 6) is 0.295. The topological polar surface area (TPSA) is 50.7 Å². The van der Waals surface area contributed by atoms with Gasteiger partial charge >= 0.3 is 0 Å². The molecular formula is C13H20BrNO3. The van der Waals surface area contributed by atoms with E-state index in [-0.39, 0.29) is 12.3 Å². The number of phenols is 1. The molecule has 102 valence electrons. The average molecular weight is 318 g/mol. The van der Waals surface area contributed by atoms with Gasteiger partial charge in [0, 0.05) is 36.8 Å². The first-order valence-corrected chi connectivity index (χ1v) is 6.69. The van der Waals surface area contributed by atoms with Crippen molar-refractivity contribution >= 4 is 15.9 Å². The fourth-order valence-electron chi connectivity index (χ4n) is 1.78. The van der Waals surface area contributed by atoms with E-state index in [4.69, 9.17) is 9.47 Å². The smallest absolute Gasteiger partial charge is 0.169 e. The number of hydrogen-bond donors (Lipinski definition) is 2. The third-order valence-electron chi connectivity index (χ3n) is 2.83. The molecule has 4 nitrogen and oxygen atoms in total. The number of aromatic hydroxyl groups is 1. The van der Waals surface area contributed by atoms with E-state index in [2.05, 4.69) is 28.2 Å². The Hall–Kier alpha value is -0.620. The van der Waals surface area contributed by atoms with Crippen LogP contribution in [0.3, 0.4) is 0 Å². The maximum Gasteiger partial charge on any atom is 0.169 e. The summed E-state index contributed by atoms with van der Waals surface area (Å²) >= 11 is 3.41. The van der Waals surface area contributed by atoms with Crippen LogP contribution in [0.5, 0.6) is 5.75 Å². The van der Waals surface area contributed by atoms with Gasteiger partial charge in [0.05, 0.1) is 0 Å². The van der Waals surface area contributed by atoms with Crippen molar-refractivity contribution in [2.24, 2.45) is 0 Å². The molecule has 18 heavy (non-hydrogen) atoms. The van der Waals surface area contributed by atoms with E-state index < -0.39 is 0 Å². The van der Waals surface area contributed by atoms with Crippen LogP contribution in [0, 0.1) is 0 Å². The molecule has 0 aliphatic rings. The minimum atomic E-state index is -0.284. The summed E-state index contributed by atoms with van der Waals surface area (Å²) < 4.78 is 11.2. The summed E-state index contributed by atoms with van der Waals surface area (Å²) in [4.78, 5) is 0. The summed E-state index contributed by atoms with van der Waals surface area (Å²) in [5.41, 5.74) is 0.873. The molecule has 5 heteroatoms. The second-order valence-corrected chi connectivity index (χ2v) is 4.89. The third kappa shape index (κ3) is 4.24. The Morgan fingerprint density at radius 2 is 2.00 bits per heavy atom. The van der Waals surface area contributed by atoms with Gasteiger partial charge in [-0.1, -0.05) is 22.9 Å². The van der Waals surface area contributed by atoms with Crippen LogP contribution < -0.4 is 5.32 Å². The molecule has 0 saturated carbocycles. The molecule has 0 aliphatic heterocycles. The summed E-state index contributed by atoms with van der Waals surface area (Å²) in [6.45, 7) is 2.63. The largest absolute Gasteiger partial charge is 0.508 e. The van der Waals surface area contributed by atoms with Gasteiger partial charge < -0.3 is 19.9 Å². The zero-order chi connectivity index (χ0) is 13.5. The van der Waals surface area contributed by atoms with Crippen molar-refractivity contribution in [2.45, 2.75) is 25.7 Å². The van der Waals surface area contributed by atoms with Crippen LogP contribution in [0.2, 0.25) is 0 Å². The van der Waals surface area contributed by atoms with Crippen molar-refractivity contribution < 1.29 is 14.6 Å². The molecule has 0 fully saturated rings. The van der Waals surface area contributed by atoms with Crippen LogP contribution in [-0.2, 0) is 9.47 Å². The second kappa shape index (κ2) is 7.74. The lowest BCUT2D eigenvalue weighted by atomic mass is 10.0. The predicted molar refractivity (Wildman–Crippen MR) is 74.6 cm³/mol. The maximum absolute atomic E-state index is 9.89. The molecule has 0 heterocycles. The van der Waals surface area contributed by atoms with E-state index >= 15 is 0 Å². The van der Waals surface area contributed by atoms with Crippen molar-refractivity contribution in [1.82, 2.24) is 5.32 Å². The quantitative estimate of drug-likeness (QED) is 0.759. The van der Waals surface area contributed by atoms with Gasteiger partial charge in [-0.2, -0.15) is 0 Å². The van der Waals surface area contributed by atoms with Crippen LogP contribution in [0.25, 0.3) is 0 Å². The van der Waals surface area contributed by atoms with E-state index in [1.54, 1.807) is 20.3 Å². The molecule has 0 spiro atoms. The first-order valence-electron chi connectivity index (χ1n) is 5.89. The molecular weight excluding hydrogens is 298 g/mol. The van der Waals surface area contributed by atoms with Crippen molar-refractivity contribution in [3.05, 3.63) is 28.2 Å². The van der Waals surface area contributed by atoms with Crippen LogP contribution in [-0.4, -0.2) is 32.2 Å². The minimum absolute atomic E-state index is 0.0651. The van der Waals surface area contributed by atoms with Gasteiger partial charge in [-0.15, -0.1) is 0 Å². The van der Waals surface area contributed by atoms with Crippen LogP contribution in [0.15, 0.2) is 22.7 Å². The summed E-state index contributed by atoms with van der Waals surface area (Å²) in [6.07, 6.45) is 0.581. The highest BCUT2D eigenvalue weighted by Crippen LogP contribution is 2.29. The Morgan fingerprint density at radius 3 is 2.56 bits per heavy atom. The van der Waals surface area contributed by atoms with Crippen molar-refractivity contribution in [1.29, 1.82) is 0 Å². The van der Waals surface area contributed by atoms with E-state index in [1.807, 2.05) is 12.1 Å². The fourth-order valence-corrected chi connectivity index (χ4v) is 2.16. The number of ether oxygens (including phenoxy) is 2. The maximum atomic E-state index is 9.89. The highest BCUT2D eigenvalue weighted by molar-refractivity contribution is 9.10. The Labute approximate surface area is 116 Å². The minimum Gasteiger partial charge on any atom is -0.508 e. The molecule has 2 N–H and O–H groups in total. The highest BCUT2D eigenvalue weighted by Gasteiger charge is 2.15. The lowest BCUT2D eigenvalue weighted by molar-refractivity contribution is -0.1000. The summed E-state index contributed by atoms with van der Waals surface area (Å²) in [6, 6.07) is 5.49. The first kappa shape index (κ1) is 15.4.